The molecule has 2 heterocycles. The summed E-state index contributed by atoms with van der Waals surface area (Å²) in [5, 5.41) is 0.998. The van der Waals surface area contributed by atoms with Crippen molar-refractivity contribution in [1.29, 1.82) is 0 Å². The van der Waals surface area contributed by atoms with Crippen LogP contribution < -0.4 is 0 Å². The number of benzene rings is 1. The van der Waals surface area contributed by atoms with Crippen molar-refractivity contribution in [2.45, 2.75) is 13.8 Å². The molecule has 0 spiro atoms. The second kappa shape index (κ2) is 4.59. The maximum atomic E-state index is 12.4. The third kappa shape index (κ3) is 2.17. The number of hydrogen-bond donors (Lipinski definition) is 0. The summed E-state index contributed by atoms with van der Waals surface area (Å²) in [6.45, 7) is 4.07. The minimum Gasteiger partial charge on any atom is -0.288 e. The number of hydrogen-bond acceptors (Lipinski definition) is 3. The van der Waals surface area contributed by atoms with Gasteiger partial charge in [-0.25, -0.2) is 0 Å². The third-order valence-electron chi connectivity index (χ3n) is 3.24. The number of aryl methyl sites for hydroxylation is 2. The summed E-state index contributed by atoms with van der Waals surface area (Å²) in [5.41, 5.74) is 2.74. The van der Waals surface area contributed by atoms with E-state index in [1.165, 1.54) is 10.4 Å². The molecule has 3 aromatic rings. The lowest BCUT2D eigenvalue weighted by Gasteiger charge is -2.00. The molecule has 0 aliphatic heterocycles. The molecule has 0 aliphatic rings. The SMILES string of the molecule is Cc1cc(C(=O)c2cnc3ccccc3c2)sc1C. The van der Waals surface area contributed by atoms with Gasteiger partial charge in [0.15, 0.2) is 0 Å². The molecule has 0 saturated heterocycles. The van der Waals surface area contributed by atoms with Gasteiger partial charge in [0.05, 0.1) is 10.4 Å². The van der Waals surface area contributed by atoms with E-state index in [4.69, 9.17) is 0 Å². The van der Waals surface area contributed by atoms with Crippen molar-refractivity contribution >= 4 is 28.0 Å². The van der Waals surface area contributed by atoms with Gasteiger partial charge in [-0.05, 0) is 37.6 Å². The fourth-order valence-electron chi connectivity index (χ4n) is 2.02. The summed E-state index contributed by atoms with van der Waals surface area (Å²) in [6, 6.07) is 11.7. The van der Waals surface area contributed by atoms with E-state index in [1.807, 2.05) is 50.2 Å². The molecule has 0 saturated carbocycles. The highest BCUT2D eigenvalue weighted by atomic mass is 32.1. The van der Waals surface area contributed by atoms with Crippen molar-refractivity contribution in [3.05, 3.63) is 63.5 Å². The number of nitrogens with zero attached hydrogens (tertiary/aromatic N) is 1. The Hall–Kier alpha value is -2.00. The van der Waals surface area contributed by atoms with Gasteiger partial charge < -0.3 is 0 Å². The maximum absolute atomic E-state index is 12.4. The van der Waals surface area contributed by atoms with Crippen molar-refractivity contribution in [2.75, 3.05) is 0 Å². The molecule has 3 heteroatoms. The Balaban J connectivity index is 2.06. The fraction of sp³-hybridized carbons (Fsp3) is 0.125. The lowest BCUT2D eigenvalue weighted by molar-refractivity contribution is 0.104. The van der Waals surface area contributed by atoms with Crippen LogP contribution in [0.1, 0.15) is 25.7 Å². The largest absolute Gasteiger partial charge is 0.288 e. The summed E-state index contributed by atoms with van der Waals surface area (Å²) in [5.74, 6) is 0.0550. The van der Waals surface area contributed by atoms with Crippen molar-refractivity contribution in [2.24, 2.45) is 0 Å². The average molecular weight is 267 g/mol. The first-order valence-corrected chi connectivity index (χ1v) is 6.93. The first-order valence-electron chi connectivity index (χ1n) is 6.11. The molecule has 3 rings (SSSR count). The maximum Gasteiger partial charge on any atom is 0.204 e. The predicted molar refractivity (Wildman–Crippen MR) is 79.0 cm³/mol. The molecular weight excluding hydrogens is 254 g/mol. The number of aromatic nitrogens is 1. The molecule has 0 amide bonds. The molecule has 1 aromatic carbocycles. The number of carbonyl (C=O) groups is 1. The van der Waals surface area contributed by atoms with Crippen molar-refractivity contribution in [3.63, 3.8) is 0 Å². The Morgan fingerprint density at radius 1 is 1.16 bits per heavy atom. The van der Waals surface area contributed by atoms with Crippen LogP contribution in [0, 0.1) is 13.8 Å². The molecule has 2 aromatic heterocycles. The first-order chi connectivity index (χ1) is 9.15. The molecule has 0 fully saturated rings. The minimum atomic E-state index is 0.0550. The topological polar surface area (TPSA) is 30.0 Å². The summed E-state index contributed by atoms with van der Waals surface area (Å²) < 4.78 is 0. The van der Waals surface area contributed by atoms with Crippen LogP contribution >= 0.6 is 11.3 Å². The fourth-order valence-corrected chi connectivity index (χ4v) is 3.02. The Kier molecular flexibility index (Phi) is 2.91. The summed E-state index contributed by atoms with van der Waals surface area (Å²) in [4.78, 5) is 18.7. The van der Waals surface area contributed by atoms with Crippen molar-refractivity contribution < 1.29 is 4.79 Å². The van der Waals surface area contributed by atoms with E-state index in [9.17, 15) is 4.79 Å². The average Bonchev–Trinajstić information content (AvgIpc) is 2.77. The van der Waals surface area contributed by atoms with E-state index < -0.39 is 0 Å². The summed E-state index contributed by atoms with van der Waals surface area (Å²) in [7, 11) is 0. The molecule has 19 heavy (non-hydrogen) atoms. The van der Waals surface area contributed by atoms with Crippen LogP contribution in [-0.4, -0.2) is 10.8 Å². The zero-order valence-corrected chi connectivity index (χ0v) is 11.6. The molecule has 0 aliphatic carbocycles. The Labute approximate surface area is 115 Å². The summed E-state index contributed by atoms with van der Waals surface area (Å²) >= 11 is 1.55. The number of pyridine rings is 1. The second-order valence-corrected chi connectivity index (χ2v) is 5.85. The van der Waals surface area contributed by atoms with E-state index in [0.29, 0.717) is 5.56 Å². The highest BCUT2D eigenvalue weighted by Crippen LogP contribution is 2.24. The monoisotopic (exact) mass is 267 g/mol. The molecule has 2 nitrogen and oxygen atoms in total. The number of rotatable bonds is 2. The number of para-hydroxylation sites is 1. The van der Waals surface area contributed by atoms with Crippen molar-refractivity contribution in [3.8, 4) is 0 Å². The van der Waals surface area contributed by atoms with Gasteiger partial charge in [-0.2, -0.15) is 0 Å². The Morgan fingerprint density at radius 2 is 1.95 bits per heavy atom. The standard InChI is InChI=1S/C16H13NOS/c1-10-7-15(19-11(10)2)16(18)13-8-12-5-3-4-6-14(12)17-9-13/h3-9H,1-2H3. The molecule has 0 unspecified atom stereocenters. The smallest absolute Gasteiger partial charge is 0.204 e. The normalized spacial score (nSPS) is 10.8. The summed E-state index contributed by atoms with van der Waals surface area (Å²) in [6.07, 6.45) is 1.66. The molecule has 0 radical (unpaired) electrons. The zero-order valence-electron chi connectivity index (χ0n) is 10.8. The predicted octanol–water partition coefficient (Wildman–Crippen LogP) is 4.14. The van der Waals surface area contributed by atoms with Gasteiger partial charge in [0.1, 0.15) is 0 Å². The van der Waals surface area contributed by atoms with Crippen LogP contribution in [0.3, 0.4) is 0 Å². The van der Waals surface area contributed by atoms with Gasteiger partial charge in [0.2, 0.25) is 5.78 Å². The van der Waals surface area contributed by atoms with Crippen molar-refractivity contribution in [1.82, 2.24) is 4.98 Å². The Morgan fingerprint density at radius 3 is 2.68 bits per heavy atom. The van der Waals surface area contributed by atoms with E-state index in [-0.39, 0.29) is 5.78 Å². The number of ketones is 1. The first kappa shape index (κ1) is 12.1. The highest BCUT2D eigenvalue weighted by molar-refractivity contribution is 7.14. The second-order valence-electron chi connectivity index (χ2n) is 4.60. The van der Waals surface area contributed by atoms with Crippen LogP contribution in [0.2, 0.25) is 0 Å². The zero-order chi connectivity index (χ0) is 13.4. The van der Waals surface area contributed by atoms with Gasteiger partial charge in [-0.15, -0.1) is 11.3 Å². The Bertz CT molecular complexity index is 754. The number of fused-ring (bicyclic) bond motifs is 1. The number of thiophene rings is 1. The van der Waals surface area contributed by atoms with Crippen LogP contribution in [0.5, 0.6) is 0 Å². The van der Waals surface area contributed by atoms with Gasteiger partial charge in [0.25, 0.3) is 0 Å². The van der Waals surface area contributed by atoms with Gasteiger partial charge in [-0.3, -0.25) is 9.78 Å². The lowest BCUT2D eigenvalue weighted by Crippen LogP contribution is -1.99. The van der Waals surface area contributed by atoms with Crippen LogP contribution in [-0.2, 0) is 0 Å². The van der Waals surface area contributed by atoms with Crippen LogP contribution in [0.4, 0.5) is 0 Å². The van der Waals surface area contributed by atoms with E-state index in [0.717, 1.165) is 15.8 Å². The quantitative estimate of drug-likeness (QED) is 0.653. The molecule has 0 N–H and O–H groups in total. The third-order valence-corrected chi connectivity index (χ3v) is 4.39. The minimum absolute atomic E-state index is 0.0550. The molecule has 0 atom stereocenters. The van der Waals surface area contributed by atoms with Crippen LogP contribution in [0.15, 0.2) is 42.6 Å². The van der Waals surface area contributed by atoms with Gasteiger partial charge in [0, 0.05) is 22.0 Å². The van der Waals surface area contributed by atoms with E-state index in [2.05, 4.69) is 4.98 Å². The molecule has 0 bridgehead atoms. The van der Waals surface area contributed by atoms with Crippen LogP contribution in [0.25, 0.3) is 10.9 Å². The van der Waals surface area contributed by atoms with Gasteiger partial charge in [-0.1, -0.05) is 18.2 Å². The van der Waals surface area contributed by atoms with Gasteiger partial charge >= 0.3 is 0 Å². The molecule has 94 valence electrons. The lowest BCUT2D eigenvalue weighted by atomic mass is 10.1. The van der Waals surface area contributed by atoms with E-state index >= 15 is 0 Å². The number of carbonyl (C=O) groups excluding carboxylic acids is 1. The highest BCUT2D eigenvalue weighted by Gasteiger charge is 2.13. The van der Waals surface area contributed by atoms with E-state index in [1.54, 1.807) is 17.5 Å². The molecular formula is C16H13NOS.